The van der Waals surface area contributed by atoms with Gasteiger partial charge in [-0.15, -0.1) is 0 Å². The molecule has 0 bridgehead atoms. The van der Waals surface area contributed by atoms with E-state index >= 15 is 0 Å². The fourth-order valence-corrected chi connectivity index (χ4v) is 3.35. The van der Waals surface area contributed by atoms with Gasteiger partial charge in [0.1, 0.15) is 41.9 Å². The summed E-state index contributed by atoms with van der Waals surface area (Å²) < 4.78 is 31.6. The molecule has 32 heavy (non-hydrogen) atoms. The molecular weight excluding hydrogens is 436 g/mol. The third kappa shape index (κ3) is 4.71. The van der Waals surface area contributed by atoms with Crippen molar-refractivity contribution in [1.82, 2.24) is 0 Å². The van der Waals surface area contributed by atoms with Crippen LogP contribution >= 0.6 is 0 Å². The summed E-state index contributed by atoms with van der Waals surface area (Å²) in [4.78, 5) is 0. The summed E-state index contributed by atoms with van der Waals surface area (Å²) in [5, 5.41) is 70.0. The van der Waals surface area contributed by atoms with Crippen molar-refractivity contribution in [1.29, 1.82) is 0 Å². The molecule has 1 aromatic rings. The van der Waals surface area contributed by atoms with Crippen molar-refractivity contribution in [2.45, 2.75) is 48.7 Å². The number of phenols is 1. The molecule has 1 aromatic carbocycles. The average molecular weight is 464 g/mol. The molecule has 0 radical (unpaired) electrons. The number of aromatic hydroxyl groups is 1. The van der Waals surface area contributed by atoms with E-state index in [0.29, 0.717) is 0 Å². The molecule has 2 saturated heterocycles. The van der Waals surface area contributed by atoms with Crippen molar-refractivity contribution < 1.29 is 64.2 Å². The van der Waals surface area contributed by atoms with E-state index in [1.807, 2.05) is 0 Å². The molecule has 13 heteroatoms. The van der Waals surface area contributed by atoms with Gasteiger partial charge in [0, 0.05) is 12.1 Å². The zero-order chi connectivity index (χ0) is 23.6. The standard InChI is InChI=1S/C19H28O13/c1-27-9-3-8(4-10(28-2)12(9)21)31-17-15(24)14(23)13(22)11(32-17)5-29-18-16(25)19(26,6-20)7-30-18/h3-4,11,13-18,20-26H,5-7H2,1-2H3/t11-,13-,14+,15-,16+,17-,18+,19-/m1/s1. The van der Waals surface area contributed by atoms with E-state index in [2.05, 4.69) is 0 Å². The van der Waals surface area contributed by atoms with E-state index in [1.54, 1.807) is 0 Å². The van der Waals surface area contributed by atoms with Crippen LogP contribution in [-0.2, 0) is 14.2 Å². The van der Waals surface area contributed by atoms with Crippen LogP contribution in [0.3, 0.4) is 0 Å². The van der Waals surface area contributed by atoms with Crippen molar-refractivity contribution in [2.75, 3.05) is 34.0 Å². The molecule has 2 fully saturated rings. The van der Waals surface area contributed by atoms with Gasteiger partial charge in [-0.2, -0.15) is 0 Å². The molecular formula is C19H28O13. The van der Waals surface area contributed by atoms with Crippen LogP contribution in [0.4, 0.5) is 0 Å². The molecule has 2 heterocycles. The zero-order valence-electron chi connectivity index (χ0n) is 17.4. The van der Waals surface area contributed by atoms with Gasteiger partial charge in [-0.25, -0.2) is 0 Å². The Hall–Kier alpha value is -1.94. The first-order valence-corrected chi connectivity index (χ1v) is 9.71. The van der Waals surface area contributed by atoms with Gasteiger partial charge in [-0.1, -0.05) is 0 Å². The molecule has 0 spiro atoms. The second kappa shape index (κ2) is 9.91. The van der Waals surface area contributed by atoms with Gasteiger partial charge in [-0.05, 0) is 0 Å². The molecule has 2 aliphatic heterocycles. The Labute approximate surface area is 182 Å². The average Bonchev–Trinajstić information content (AvgIpc) is 3.08. The van der Waals surface area contributed by atoms with E-state index in [1.165, 1.54) is 26.4 Å². The molecule has 0 aliphatic carbocycles. The van der Waals surface area contributed by atoms with Crippen molar-refractivity contribution >= 4 is 0 Å². The quantitative estimate of drug-likeness (QED) is 0.206. The number of benzene rings is 1. The Morgan fingerprint density at radius 3 is 2.16 bits per heavy atom. The highest BCUT2D eigenvalue weighted by Crippen LogP contribution is 2.40. The SMILES string of the molecule is COc1cc(O[C@@H]2O[C@H](CO[C@H]3OC[C@](O)(CO)[C@H]3O)[C@@H](O)[C@H](O)[C@H]2O)cc(OC)c1O. The Morgan fingerprint density at radius 2 is 1.62 bits per heavy atom. The van der Waals surface area contributed by atoms with Crippen LogP contribution in [0, 0.1) is 0 Å². The highest BCUT2D eigenvalue weighted by Gasteiger charge is 2.50. The molecule has 182 valence electrons. The van der Waals surface area contributed by atoms with E-state index in [0.717, 1.165) is 0 Å². The number of aliphatic hydroxyl groups excluding tert-OH is 5. The second-order valence-electron chi connectivity index (χ2n) is 7.53. The summed E-state index contributed by atoms with van der Waals surface area (Å²) >= 11 is 0. The topological polar surface area (TPSA) is 197 Å². The maximum absolute atomic E-state index is 10.3. The van der Waals surface area contributed by atoms with Crippen molar-refractivity contribution in [3.8, 4) is 23.0 Å². The van der Waals surface area contributed by atoms with Crippen LogP contribution in [0.25, 0.3) is 0 Å². The first-order chi connectivity index (χ1) is 15.1. The highest BCUT2D eigenvalue weighted by atomic mass is 16.7. The molecule has 0 unspecified atom stereocenters. The minimum atomic E-state index is -1.89. The number of hydrogen-bond acceptors (Lipinski definition) is 13. The van der Waals surface area contributed by atoms with Gasteiger partial charge in [0.05, 0.1) is 34.0 Å². The fraction of sp³-hybridized carbons (Fsp3) is 0.684. The maximum Gasteiger partial charge on any atom is 0.229 e. The molecule has 3 rings (SSSR count). The van der Waals surface area contributed by atoms with Gasteiger partial charge >= 0.3 is 0 Å². The minimum absolute atomic E-state index is 0.0221. The lowest BCUT2D eigenvalue weighted by molar-refractivity contribution is -0.289. The third-order valence-corrected chi connectivity index (χ3v) is 5.38. The molecule has 2 aliphatic rings. The minimum Gasteiger partial charge on any atom is -0.502 e. The number of hydrogen-bond donors (Lipinski definition) is 7. The van der Waals surface area contributed by atoms with Gasteiger partial charge < -0.3 is 64.2 Å². The smallest absolute Gasteiger partial charge is 0.229 e. The predicted molar refractivity (Wildman–Crippen MR) is 102 cm³/mol. The third-order valence-electron chi connectivity index (χ3n) is 5.38. The lowest BCUT2D eigenvalue weighted by atomic mass is 9.99. The Kier molecular flexibility index (Phi) is 7.65. The maximum atomic E-state index is 10.3. The van der Waals surface area contributed by atoms with Gasteiger partial charge in [0.25, 0.3) is 0 Å². The summed E-state index contributed by atoms with van der Waals surface area (Å²) in [5.74, 6) is -0.166. The molecule has 0 amide bonds. The summed E-state index contributed by atoms with van der Waals surface area (Å²) in [6.45, 7) is -1.55. The van der Waals surface area contributed by atoms with Crippen LogP contribution in [-0.4, -0.2) is 118 Å². The molecule has 7 N–H and O–H groups in total. The van der Waals surface area contributed by atoms with Gasteiger partial charge in [-0.3, -0.25) is 0 Å². The van der Waals surface area contributed by atoms with Crippen molar-refractivity contribution in [3.05, 3.63) is 12.1 Å². The van der Waals surface area contributed by atoms with Gasteiger partial charge in [0.2, 0.25) is 12.0 Å². The molecule has 8 atom stereocenters. The normalized spacial score (nSPS) is 37.3. The predicted octanol–water partition coefficient (Wildman–Crippen LogP) is -2.95. The number of aliphatic hydroxyl groups is 6. The van der Waals surface area contributed by atoms with Crippen molar-refractivity contribution in [3.63, 3.8) is 0 Å². The first-order valence-electron chi connectivity index (χ1n) is 9.71. The van der Waals surface area contributed by atoms with Crippen LogP contribution < -0.4 is 14.2 Å². The lowest BCUT2D eigenvalue weighted by Crippen LogP contribution is -2.60. The lowest BCUT2D eigenvalue weighted by Gasteiger charge is -2.40. The fourth-order valence-electron chi connectivity index (χ4n) is 3.35. The van der Waals surface area contributed by atoms with Crippen molar-refractivity contribution in [2.24, 2.45) is 0 Å². The number of phenolic OH excluding ortho intramolecular Hbond substituents is 1. The molecule has 0 aromatic heterocycles. The van der Waals surface area contributed by atoms with Crippen LogP contribution in [0.1, 0.15) is 0 Å². The van der Waals surface area contributed by atoms with Crippen LogP contribution in [0.5, 0.6) is 23.0 Å². The number of methoxy groups -OCH3 is 2. The second-order valence-corrected chi connectivity index (χ2v) is 7.53. The Bertz CT molecular complexity index is 751. The number of rotatable bonds is 8. The highest BCUT2D eigenvalue weighted by molar-refractivity contribution is 5.54. The summed E-state index contributed by atoms with van der Waals surface area (Å²) in [6.07, 6.45) is -10.5. The number of ether oxygens (including phenoxy) is 6. The van der Waals surface area contributed by atoms with E-state index < -0.39 is 61.9 Å². The zero-order valence-corrected chi connectivity index (χ0v) is 17.4. The van der Waals surface area contributed by atoms with Crippen LogP contribution in [0.15, 0.2) is 12.1 Å². The van der Waals surface area contributed by atoms with E-state index in [9.17, 15) is 35.7 Å². The Morgan fingerprint density at radius 1 is 1.00 bits per heavy atom. The largest absolute Gasteiger partial charge is 0.502 e. The summed E-state index contributed by atoms with van der Waals surface area (Å²) in [5.41, 5.74) is -1.89. The van der Waals surface area contributed by atoms with E-state index in [-0.39, 0.29) is 29.6 Å². The molecule has 0 saturated carbocycles. The van der Waals surface area contributed by atoms with Gasteiger partial charge in [0.15, 0.2) is 17.8 Å². The summed E-state index contributed by atoms with van der Waals surface area (Å²) in [6, 6.07) is 2.60. The summed E-state index contributed by atoms with van der Waals surface area (Å²) in [7, 11) is 2.63. The monoisotopic (exact) mass is 464 g/mol. The Balaban J connectivity index is 1.69. The van der Waals surface area contributed by atoms with E-state index in [4.69, 9.17) is 28.4 Å². The van der Waals surface area contributed by atoms with Crippen LogP contribution in [0.2, 0.25) is 0 Å². The first kappa shape index (κ1) is 24.7. The molecule has 13 nitrogen and oxygen atoms in total.